The summed E-state index contributed by atoms with van der Waals surface area (Å²) in [5, 5.41) is 5.36. The van der Waals surface area contributed by atoms with Gasteiger partial charge in [-0.25, -0.2) is 14.5 Å². The van der Waals surface area contributed by atoms with Gasteiger partial charge in [0, 0.05) is 31.5 Å². The number of hydrogen-bond donors (Lipinski definition) is 1. The SMILES string of the molecule is FC(F)(F)c1cc2c(NN3CCOCC3)nccn2n1. The largest absolute Gasteiger partial charge is 0.435 e. The first-order chi connectivity index (χ1) is 9.54. The molecule has 0 radical (unpaired) electrons. The molecular weight excluding hydrogens is 275 g/mol. The average molecular weight is 287 g/mol. The lowest BCUT2D eigenvalue weighted by molar-refractivity contribution is -0.141. The third-order valence-corrected chi connectivity index (χ3v) is 2.96. The van der Waals surface area contributed by atoms with Crippen molar-refractivity contribution in [3.8, 4) is 0 Å². The van der Waals surface area contributed by atoms with E-state index in [2.05, 4.69) is 15.5 Å². The zero-order chi connectivity index (χ0) is 14.2. The van der Waals surface area contributed by atoms with Crippen LogP contribution in [-0.4, -0.2) is 45.9 Å². The molecule has 3 heterocycles. The van der Waals surface area contributed by atoms with E-state index in [1.165, 1.54) is 16.9 Å². The number of anilines is 1. The van der Waals surface area contributed by atoms with Crippen molar-refractivity contribution in [1.82, 2.24) is 19.6 Å². The highest BCUT2D eigenvalue weighted by Crippen LogP contribution is 2.30. The number of ether oxygens (including phenoxy) is 1. The van der Waals surface area contributed by atoms with Crippen molar-refractivity contribution in [1.29, 1.82) is 0 Å². The van der Waals surface area contributed by atoms with E-state index < -0.39 is 11.9 Å². The smallest absolute Gasteiger partial charge is 0.379 e. The van der Waals surface area contributed by atoms with Gasteiger partial charge < -0.3 is 10.2 Å². The summed E-state index contributed by atoms with van der Waals surface area (Å²) >= 11 is 0. The van der Waals surface area contributed by atoms with Crippen LogP contribution in [0.15, 0.2) is 18.5 Å². The Morgan fingerprint density at radius 1 is 1.25 bits per heavy atom. The Hall–Kier alpha value is -1.87. The van der Waals surface area contributed by atoms with Gasteiger partial charge in [0.05, 0.1) is 13.2 Å². The number of alkyl halides is 3. The minimum absolute atomic E-state index is 0.284. The van der Waals surface area contributed by atoms with E-state index in [1.54, 1.807) is 0 Å². The van der Waals surface area contributed by atoms with Gasteiger partial charge in [0.15, 0.2) is 11.5 Å². The fourth-order valence-corrected chi connectivity index (χ4v) is 1.97. The molecule has 0 bridgehead atoms. The van der Waals surface area contributed by atoms with Crippen LogP contribution in [0.25, 0.3) is 5.52 Å². The molecule has 1 saturated heterocycles. The number of rotatable bonds is 2. The standard InChI is InChI=1S/C11H12F3N5O/c12-11(13,14)9-7-8-10(15-1-2-19(8)16-9)17-18-3-5-20-6-4-18/h1-2,7H,3-6H2,(H,15,17). The second-order valence-corrected chi connectivity index (χ2v) is 4.34. The first-order valence-corrected chi connectivity index (χ1v) is 6.05. The lowest BCUT2D eigenvalue weighted by atomic mass is 10.4. The number of hydrogen-bond acceptors (Lipinski definition) is 5. The van der Waals surface area contributed by atoms with Crippen molar-refractivity contribution in [3.05, 3.63) is 24.2 Å². The number of nitrogens with zero attached hydrogens (tertiary/aromatic N) is 4. The maximum absolute atomic E-state index is 12.7. The van der Waals surface area contributed by atoms with Crippen LogP contribution >= 0.6 is 0 Å². The van der Waals surface area contributed by atoms with Crippen molar-refractivity contribution in [3.63, 3.8) is 0 Å². The normalized spacial score (nSPS) is 17.6. The van der Waals surface area contributed by atoms with Crippen LogP contribution in [-0.2, 0) is 10.9 Å². The quantitative estimate of drug-likeness (QED) is 0.905. The van der Waals surface area contributed by atoms with Crippen molar-refractivity contribution >= 4 is 11.3 Å². The summed E-state index contributed by atoms with van der Waals surface area (Å²) in [6.07, 6.45) is -1.68. The first-order valence-electron chi connectivity index (χ1n) is 6.05. The van der Waals surface area contributed by atoms with Gasteiger partial charge in [-0.1, -0.05) is 0 Å². The monoisotopic (exact) mass is 287 g/mol. The molecule has 108 valence electrons. The molecular formula is C11H12F3N5O. The van der Waals surface area contributed by atoms with Gasteiger partial charge in [-0.3, -0.25) is 0 Å². The van der Waals surface area contributed by atoms with Gasteiger partial charge in [-0.2, -0.15) is 18.3 Å². The van der Waals surface area contributed by atoms with Crippen LogP contribution < -0.4 is 5.43 Å². The predicted octanol–water partition coefficient (Wildman–Crippen LogP) is 1.41. The van der Waals surface area contributed by atoms with Crippen molar-refractivity contribution in [2.24, 2.45) is 0 Å². The molecule has 20 heavy (non-hydrogen) atoms. The fourth-order valence-electron chi connectivity index (χ4n) is 1.97. The number of nitrogens with one attached hydrogen (secondary N) is 1. The first kappa shape index (κ1) is 13.1. The molecule has 1 N–H and O–H groups in total. The summed E-state index contributed by atoms with van der Waals surface area (Å²) in [6.45, 7) is 2.43. The summed E-state index contributed by atoms with van der Waals surface area (Å²) in [5.41, 5.74) is 2.35. The number of fused-ring (bicyclic) bond motifs is 1. The zero-order valence-corrected chi connectivity index (χ0v) is 10.4. The molecule has 0 aliphatic carbocycles. The molecule has 1 aliphatic rings. The molecule has 1 aliphatic heterocycles. The molecule has 0 amide bonds. The molecule has 0 unspecified atom stereocenters. The van der Waals surface area contributed by atoms with Gasteiger partial charge >= 0.3 is 6.18 Å². The molecule has 0 aromatic carbocycles. The number of aromatic nitrogens is 3. The number of halogens is 3. The second kappa shape index (κ2) is 4.91. The van der Waals surface area contributed by atoms with Gasteiger partial charge in [0.2, 0.25) is 0 Å². The van der Waals surface area contributed by atoms with Crippen molar-refractivity contribution in [2.45, 2.75) is 6.18 Å². The van der Waals surface area contributed by atoms with E-state index in [-0.39, 0.29) is 5.52 Å². The van der Waals surface area contributed by atoms with Crippen molar-refractivity contribution in [2.75, 3.05) is 31.7 Å². The maximum Gasteiger partial charge on any atom is 0.435 e. The van der Waals surface area contributed by atoms with E-state index in [4.69, 9.17) is 4.74 Å². The Bertz CT molecular complexity index is 606. The average Bonchev–Trinajstić information content (AvgIpc) is 2.85. The highest BCUT2D eigenvalue weighted by Gasteiger charge is 2.34. The van der Waals surface area contributed by atoms with Crippen LogP contribution in [0.1, 0.15) is 5.69 Å². The molecule has 6 nitrogen and oxygen atoms in total. The Labute approximate surface area is 112 Å². The molecule has 0 atom stereocenters. The minimum Gasteiger partial charge on any atom is -0.379 e. The van der Waals surface area contributed by atoms with E-state index in [0.717, 1.165) is 6.07 Å². The van der Waals surface area contributed by atoms with E-state index >= 15 is 0 Å². The van der Waals surface area contributed by atoms with Gasteiger partial charge in [-0.15, -0.1) is 0 Å². The van der Waals surface area contributed by atoms with Crippen LogP contribution in [0, 0.1) is 0 Å². The van der Waals surface area contributed by atoms with E-state index in [1.807, 2.05) is 5.01 Å². The highest BCUT2D eigenvalue weighted by molar-refractivity contribution is 5.67. The molecule has 0 saturated carbocycles. The number of morpholine rings is 1. The molecule has 2 aromatic heterocycles. The van der Waals surface area contributed by atoms with Crippen LogP contribution in [0.2, 0.25) is 0 Å². The zero-order valence-electron chi connectivity index (χ0n) is 10.4. The molecule has 0 spiro atoms. The van der Waals surface area contributed by atoms with E-state index in [0.29, 0.717) is 32.1 Å². The minimum atomic E-state index is -4.47. The third-order valence-electron chi connectivity index (χ3n) is 2.96. The molecule has 1 fully saturated rings. The highest BCUT2D eigenvalue weighted by atomic mass is 19.4. The maximum atomic E-state index is 12.7. The Morgan fingerprint density at radius 2 is 2.00 bits per heavy atom. The fraction of sp³-hybridized carbons (Fsp3) is 0.455. The van der Waals surface area contributed by atoms with Crippen LogP contribution in [0.3, 0.4) is 0 Å². The Kier molecular flexibility index (Phi) is 3.22. The second-order valence-electron chi connectivity index (χ2n) is 4.34. The Morgan fingerprint density at radius 3 is 2.70 bits per heavy atom. The predicted molar refractivity (Wildman–Crippen MR) is 64.0 cm³/mol. The summed E-state index contributed by atoms with van der Waals surface area (Å²) in [5.74, 6) is 0.345. The lowest BCUT2D eigenvalue weighted by Gasteiger charge is -2.27. The number of hydrazine groups is 1. The molecule has 9 heteroatoms. The topological polar surface area (TPSA) is 54.7 Å². The lowest BCUT2D eigenvalue weighted by Crippen LogP contribution is -2.40. The molecule has 3 rings (SSSR count). The summed E-state index contributed by atoms with van der Waals surface area (Å²) in [7, 11) is 0. The van der Waals surface area contributed by atoms with Gasteiger partial charge in [0.25, 0.3) is 0 Å². The van der Waals surface area contributed by atoms with Crippen LogP contribution in [0.5, 0.6) is 0 Å². The third kappa shape index (κ3) is 2.54. The van der Waals surface area contributed by atoms with Crippen molar-refractivity contribution < 1.29 is 17.9 Å². The van der Waals surface area contributed by atoms with Gasteiger partial charge in [-0.05, 0) is 0 Å². The summed E-state index contributed by atoms with van der Waals surface area (Å²) < 4.78 is 44.4. The van der Waals surface area contributed by atoms with Gasteiger partial charge in [0.1, 0.15) is 5.52 Å². The molecule has 2 aromatic rings. The van der Waals surface area contributed by atoms with Crippen LogP contribution in [0.4, 0.5) is 19.0 Å². The van der Waals surface area contributed by atoms with E-state index in [9.17, 15) is 13.2 Å². The summed E-state index contributed by atoms with van der Waals surface area (Å²) in [4.78, 5) is 4.07. The Balaban J connectivity index is 1.92. The summed E-state index contributed by atoms with van der Waals surface area (Å²) in [6, 6.07) is 0.982.